The van der Waals surface area contributed by atoms with Gasteiger partial charge in [0.15, 0.2) is 6.10 Å². The van der Waals surface area contributed by atoms with E-state index in [1.807, 2.05) is 0 Å². The van der Waals surface area contributed by atoms with Crippen LogP contribution in [0.3, 0.4) is 0 Å². The molecule has 0 aliphatic carbocycles. The Morgan fingerprint density at radius 1 is 0.545 bits per heavy atom. The lowest BCUT2D eigenvalue weighted by molar-refractivity contribution is -0.161. The van der Waals surface area contributed by atoms with Crippen LogP contribution in [0.4, 0.5) is 0 Å². The van der Waals surface area contributed by atoms with E-state index in [4.69, 9.17) is 19.1 Å². The highest BCUT2D eigenvalue weighted by atomic mass is 31.2. The zero-order valence-electron chi connectivity index (χ0n) is 34.4. The van der Waals surface area contributed by atoms with Gasteiger partial charge >= 0.3 is 19.8 Å². The monoisotopic (exact) mass is 797 g/mol. The SMILES string of the molecule is CCCCC/C=C/C/C=C/C/C=C/CCCCCCC(=O)OC[C@H](COP(=O)(O)OC[C@@H](O)CO)OC(=O)CCCCCCC/C=C/C/C=C/CCCCC. The van der Waals surface area contributed by atoms with Gasteiger partial charge in [-0.15, -0.1) is 0 Å². The Morgan fingerprint density at radius 2 is 0.945 bits per heavy atom. The highest BCUT2D eigenvalue weighted by molar-refractivity contribution is 7.47. The van der Waals surface area contributed by atoms with Gasteiger partial charge < -0.3 is 24.6 Å². The van der Waals surface area contributed by atoms with Crippen molar-refractivity contribution >= 4 is 19.8 Å². The predicted molar refractivity (Wildman–Crippen MR) is 224 cm³/mol. The van der Waals surface area contributed by atoms with Crippen molar-refractivity contribution in [2.24, 2.45) is 0 Å². The molecule has 0 aliphatic heterocycles. The lowest BCUT2D eigenvalue weighted by Crippen LogP contribution is -2.29. The van der Waals surface area contributed by atoms with Gasteiger partial charge in [0, 0.05) is 12.8 Å². The number of esters is 2. The molecule has 318 valence electrons. The Labute approximate surface area is 334 Å². The quantitative estimate of drug-likeness (QED) is 0.0237. The summed E-state index contributed by atoms with van der Waals surface area (Å²) in [4.78, 5) is 35.0. The standard InChI is InChI=1S/C44H77O10P/c1-3-5-7-9-11-13-15-17-19-20-22-23-25-27-29-31-33-35-43(47)51-39-42(40-53-55(49,50)52-38-41(46)37-45)54-44(48)36-34-32-30-28-26-24-21-18-16-14-12-10-8-6-4-2/h11-14,17-19,21-23,41-42,45-46H,3-10,15-16,20,24-40H2,1-2H3,(H,49,50)/b13-11+,14-12+,19-17+,21-18+,23-22+/t41-,42+/m0/s1. The molecule has 0 radical (unpaired) electrons. The number of ether oxygens (including phenoxy) is 2. The molecule has 1 unspecified atom stereocenters. The van der Waals surface area contributed by atoms with E-state index in [0.29, 0.717) is 12.8 Å². The van der Waals surface area contributed by atoms with E-state index in [1.54, 1.807) is 0 Å². The number of unbranched alkanes of at least 4 members (excludes halogenated alkanes) is 15. The molecule has 0 saturated heterocycles. The summed E-state index contributed by atoms with van der Waals surface area (Å²) in [5, 5.41) is 18.3. The van der Waals surface area contributed by atoms with Gasteiger partial charge in [-0.25, -0.2) is 4.57 Å². The van der Waals surface area contributed by atoms with Crippen molar-refractivity contribution in [3.05, 3.63) is 60.8 Å². The minimum atomic E-state index is -4.63. The van der Waals surface area contributed by atoms with Crippen LogP contribution in [0.25, 0.3) is 0 Å². The highest BCUT2D eigenvalue weighted by Crippen LogP contribution is 2.43. The minimum Gasteiger partial charge on any atom is -0.462 e. The van der Waals surface area contributed by atoms with Crippen LogP contribution in [0.1, 0.15) is 168 Å². The zero-order valence-corrected chi connectivity index (χ0v) is 35.3. The number of carbonyl (C=O) groups excluding carboxylic acids is 2. The molecule has 10 nitrogen and oxygen atoms in total. The number of aliphatic hydroxyl groups excluding tert-OH is 2. The molecule has 0 bridgehead atoms. The van der Waals surface area contributed by atoms with Gasteiger partial charge in [-0.05, 0) is 83.5 Å². The maximum Gasteiger partial charge on any atom is 0.472 e. The number of hydrogen-bond acceptors (Lipinski definition) is 9. The summed E-state index contributed by atoms with van der Waals surface area (Å²) < 4.78 is 32.7. The number of rotatable bonds is 39. The van der Waals surface area contributed by atoms with Crippen molar-refractivity contribution in [1.82, 2.24) is 0 Å². The van der Waals surface area contributed by atoms with Crippen molar-refractivity contribution in [2.45, 2.75) is 180 Å². The molecule has 55 heavy (non-hydrogen) atoms. The van der Waals surface area contributed by atoms with Crippen molar-refractivity contribution in [3.63, 3.8) is 0 Å². The topological polar surface area (TPSA) is 149 Å². The molecule has 0 amide bonds. The molecule has 0 spiro atoms. The maximum absolute atomic E-state index is 12.6. The third kappa shape index (κ3) is 39.7. The van der Waals surface area contributed by atoms with Gasteiger partial charge in [0.2, 0.25) is 0 Å². The molecular weight excluding hydrogens is 719 g/mol. The average Bonchev–Trinajstić information content (AvgIpc) is 3.17. The van der Waals surface area contributed by atoms with Crippen LogP contribution in [0.5, 0.6) is 0 Å². The summed E-state index contributed by atoms with van der Waals surface area (Å²) in [5.74, 6) is -0.970. The Balaban J connectivity index is 4.39. The summed E-state index contributed by atoms with van der Waals surface area (Å²) in [6, 6.07) is 0. The van der Waals surface area contributed by atoms with Crippen LogP contribution in [0.15, 0.2) is 60.8 Å². The number of phosphoric acid groups is 1. The van der Waals surface area contributed by atoms with Crippen LogP contribution in [-0.4, -0.2) is 65.7 Å². The largest absolute Gasteiger partial charge is 0.472 e. The van der Waals surface area contributed by atoms with Crippen molar-refractivity contribution in [1.29, 1.82) is 0 Å². The molecule has 0 fully saturated rings. The smallest absolute Gasteiger partial charge is 0.462 e. The average molecular weight is 797 g/mol. The van der Waals surface area contributed by atoms with Crippen LogP contribution in [-0.2, 0) is 32.7 Å². The number of aliphatic hydroxyl groups is 2. The summed E-state index contributed by atoms with van der Waals surface area (Å²) in [5.41, 5.74) is 0. The third-order valence-corrected chi connectivity index (χ3v) is 9.60. The molecule has 0 saturated carbocycles. The number of carbonyl (C=O) groups is 2. The molecule has 0 aliphatic rings. The molecular formula is C44H77O10P. The van der Waals surface area contributed by atoms with E-state index in [0.717, 1.165) is 83.5 Å². The second kappa shape index (κ2) is 39.9. The lowest BCUT2D eigenvalue weighted by Gasteiger charge is -2.20. The van der Waals surface area contributed by atoms with Gasteiger partial charge in [-0.2, -0.15) is 0 Å². The molecule has 3 N–H and O–H groups in total. The first-order valence-electron chi connectivity index (χ1n) is 21.2. The molecule has 0 aromatic rings. The van der Waals surface area contributed by atoms with Gasteiger partial charge in [-0.3, -0.25) is 18.6 Å². The van der Waals surface area contributed by atoms with Gasteiger partial charge in [-0.1, -0.05) is 132 Å². The first-order valence-corrected chi connectivity index (χ1v) is 22.7. The molecule has 0 rings (SSSR count). The maximum atomic E-state index is 12.6. The van der Waals surface area contributed by atoms with Gasteiger partial charge in [0.25, 0.3) is 0 Å². The van der Waals surface area contributed by atoms with Crippen LogP contribution in [0, 0.1) is 0 Å². The van der Waals surface area contributed by atoms with E-state index in [2.05, 4.69) is 79.1 Å². The molecule has 0 aromatic carbocycles. The first-order chi connectivity index (χ1) is 26.7. The zero-order chi connectivity index (χ0) is 40.5. The van der Waals surface area contributed by atoms with E-state index < -0.39 is 51.8 Å². The van der Waals surface area contributed by atoms with Crippen molar-refractivity contribution in [2.75, 3.05) is 26.4 Å². The third-order valence-electron chi connectivity index (χ3n) is 8.64. The number of phosphoric ester groups is 1. The van der Waals surface area contributed by atoms with Crippen LogP contribution >= 0.6 is 7.82 Å². The van der Waals surface area contributed by atoms with E-state index >= 15 is 0 Å². The summed E-state index contributed by atoms with van der Waals surface area (Å²) in [7, 11) is -4.63. The van der Waals surface area contributed by atoms with Crippen LogP contribution < -0.4 is 0 Å². The Hall–Kier alpha value is -2.33. The Kier molecular flexibility index (Phi) is 38.2. The molecule has 11 heteroatoms. The summed E-state index contributed by atoms with van der Waals surface area (Å²) in [6.45, 7) is 2.27. The highest BCUT2D eigenvalue weighted by Gasteiger charge is 2.27. The Bertz CT molecular complexity index is 1100. The molecule has 0 heterocycles. The second-order valence-electron chi connectivity index (χ2n) is 14.0. The number of hydrogen-bond donors (Lipinski definition) is 3. The second-order valence-corrected chi connectivity index (χ2v) is 15.5. The lowest BCUT2D eigenvalue weighted by atomic mass is 10.1. The minimum absolute atomic E-state index is 0.160. The fourth-order valence-corrected chi connectivity index (χ4v) is 6.11. The van der Waals surface area contributed by atoms with E-state index in [1.165, 1.54) is 44.9 Å². The van der Waals surface area contributed by atoms with Crippen LogP contribution in [0.2, 0.25) is 0 Å². The molecule has 3 atom stereocenters. The van der Waals surface area contributed by atoms with Gasteiger partial charge in [0.1, 0.15) is 12.7 Å². The fraction of sp³-hybridized carbons (Fsp3) is 0.727. The van der Waals surface area contributed by atoms with Crippen molar-refractivity contribution < 1.29 is 47.8 Å². The predicted octanol–water partition coefficient (Wildman–Crippen LogP) is 11.1. The Morgan fingerprint density at radius 3 is 1.42 bits per heavy atom. The first kappa shape index (κ1) is 52.7. The number of allylic oxidation sites excluding steroid dienone is 10. The van der Waals surface area contributed by atoms with E-state index in [-0.39, 0.29) is 19.4 Å². The summed E-state index contributed by atoms with van der Waals surface area (Å²) in [6.07, 6.45) is 43.2. The fourth-order valence-electron chi connectivity index (χ4n) is 5.32. The van der Waals surface area contributed by atoms with Gasteiger partial charge in [0.05, 0.1) is 19.8 Å². The normalized spacial score (nSPS) is 14.5. The van der Waals surface area contributed by atoms with E-state index in [9.17, 15) is 24.2 Å². The molecule has 0 aromatic heterocycles. The summed E-state index contributed by atoms with van der Waals surface area (Å²) >= 11 is 0. The van der Waals surface area contributed by atoms with Crippen molar-refractivity contribution in [3.8, 4) is 0 Å².